The van der Waals surface area contributed by atoms with E-state index in [9.17, 15) is 28.4 Å². The van der Waals surface area contributed by atoms with Gasteiger partial charge in [-0.15, -0.1) is 0 Å². The number of hydrogen-bond acceptors (Lipinski definition) is 7. The van der Waals surface area contributed by atoms with E-state index in [1.165, 1.54) is 7.11 Å². The lowest BCUT2D eigenvalue weighted by atomic mass is 10.3. The molecule has 0 radical (unpaired) electrons. The van der Waals surface area contributed by atoms with Crippen LogP contribution in [0.15, 0.2) is 23.1 Å². The normalized spacial score (nSPS) is 12.8. The third-order valence-corrected chi connectivity index (χ3v) is 3.85. The monoisotopic (exact) mass is 320 g/mol. The largest absolute Gasteiger partial charge is 0.502 e. The number of methoxy groups -OCH3 is 1. The number of carboxylic acids is 1. The van der Waals surface area contributed by atoms with Gasteiger partial charge in [-0.1, -0.05) is 0 Å². The minimum Gasteiger partial charge on any atom is -0.502 e. The molecule has 0 aromatic heterocycles. The zero-order valence-corrected chi connectivity index (χ0v) is 11.5. The molecule has 0 aliphatic carbocycles. The Hall–Kier alpha value is -2.24. The maximum absolute atomic E-state index is 12.0. The molecule has 0 amide bonds. The number of rotatable bonds is 7. The number of aromatic hydroxyl groups is 1. The number of aliphatic carboxylic acids is 1. The van der Waals surface area contributed by atoms with Crippen LogP contribution in [0.1, 0.15) is 0 Å². The van der Waals surface area contributed by atoms with Gasteiger partial charge in [0.25, 0.3) is 0 Å². The lowest BCUT2D eigenvalue weighted by Gasteiger charge is -2.13. The van der Waals surface area contributed by atoms with E-state index in [-0.39, 0.29) is 0 Å². The Labute approximate surface area is 119 Å². The zero-order chi connectivity index (χ0) is 16.2. The summed E-state index contributed by atoms with van der Waals surface area (Å²) in [6, 6.07) is 0.825. The number of carboxylic acid groups (broad SMARTS) is 1. The average Bonchev–Trinajstić information content (AvgIpc) is 2.37. The van der Waals surface area contributed by atoms with Gasteiger partial charge in [0.15, 0.2) is 5.75 Å². The highest BCUT2D eigenvalue weighted by atomic mass is 32.2. The molecule has 0 fully saturated rings. The number of benzene rings is 1. The fourth-order valence-electron chi connectivity index (χ4n) is 1.39. The minimum atomic E-state index is -4.33. The second kappa shape index (κ2) is 6.47. The van der Waals surface area contributed by atoms with Gasteiger partial charge in [-0.25, -0.2) is 8.42 Å². The van der Waals surface area contributed by atoms with E-state index in [0.29, 0.717) is 6.07 Å². The minimum absolute atomic E-state index is 0.422. The van der Waals surface area contributed by atoms with Gasteiger partial charge in [0.05, 0.1) is 16.4 Å². The number of ether oxygens (including phenoxy) is 1. The Morgan fingerprint density at radius 1 is 1.52 bits per heavy atom. The van der Waals surface area contributed by atoms with Crippen LogP contribution in [0.5, 0.6) is 5.75 Å². The number of phenolic OH excluding ortho intramolecular Hbond substituents is 1. The molecule has 1 rings (SSSR count). The van der Waals surface area contributed by atoms with Crippen LogP contribution in [0, 0.1) is 10.1 Å². The molecule has 0 bridgehead atoms. The summed E-state index contributed by atoms with van der Waals surface area (Å²) in [6.07, 6.45) is 0. The molecule has 0 saturated heterocycles. The molecule has 11 heteroatoms. The van der Waals surface area contributed by atoms with Crippen molar-refractivity contribution in [2.45, 2.75) is 10.9 Å². The molecular weight excluding hydrogens is 308 g/mol. The zero-order valence-electron chi connectivity index (χ0n) is 10.7. The molecule has 1 unspecified atom stereocenters. The number of nitro groups is 1. The SMILES string of the molecule is COCC(NS(=O)(=O)c1ccc(O)c([N+](=O)[O-])c1)C(=O)O. The molecule has 0 saturated carbocycles. The van der Waals surface area contributed by atoms with Crippen molar-refractivity contribution in [1.82, 2.24) is 4.72 Å². The van der Waals surface area contributed by atoms with E-state index in [1.54, 1.807) is 0 Å². The third-order valence-electron chi connectivity index (χ3n) is 2.38. The molecule has 1 aromatic rings. The number of carbonyl (C=O) groups is 1. The number of nitrogens with one attached hydrogen (secondary N) is 1. The quantitative estimate of drug-likeness (QED) is 0.455. The van der Waals surface area contributed by atoms with E-state index in [2.05, 4.69) is 4.74 Å². The van der Waals surface area contributed by atoms with Crippen LogP contribution in [0.3, 0.4) is 0 Å². The van der Waals surface area contributed by atoms with Crippen LogP contribution in [0.4, 0.5) is 5.69 Å². The Morgan fingerprint density at radius 2 is 2.14 bits per heavy atom. The maximum atomic E-state index is 12.0. The summed E-state index contributed by atoms with van der Waals surface area (Å²) >= 11 is 0. The van der Waals surface area contributed by atoms with Crippen LogP contribution in [-0.2, 0) is 19.6 Å². The van der Waals surface area contributed by atoms with E-state index in [0.717, 1.165) is 12.1 Å². The van der Waals surface area contributed by atoms with Gasteiger partial charge in [0.1, 0.15) is 6.04 Å². The summed E-state index contributed by atoms with van der Waals surface area (Å²) in [5.74, 6) is -2.17. The fourth-order valence-corrected chi connectivity index (χ4v) is 2.59. The Bertz CT molecular complexity index is 657. The highest BCUT2D eigenvalue weighted by Gasteiger charge is 2.27. The Morgan fingerprint density at radius 3 is 2.62 bits per heavy atom. The second-order valence-electron chi connectivity index (χ2n) is 3.88. The van der Waals surface area contributed by atoms with Gasteiger partial charge < -0.3 is 14.9 Å². The summed E-state index contributed by atoms with van der Waals surface area (Å²) in [6.45, 7) is -0.422. The van der Waals surface area contributed by atoms with Gasteiger partial charge in [0, 0.05) is 13.2 Å². The number of nitro benzene ring substituents is 1. The van der Waals surface area contributed by atoms with E-state index >= 15 is 0 Å². The van der Waals surface area contributed by atoms with Crippen LogP contribution in [0.25, 0.3) is 0 Å². The smallest absolute Gasteiger partial charge is 0.324 e. The highest BCUT2D eigenvalue weighted by Crippen LogP contribution is 2.28. The predicted octanol–water partition coefficient (Wildman–Crippen LogP) is -0.322. The van der Waals surface area contributed by atoms with Gasteiger partial charge in [-0.3, -0.25) is 14.9 Å². The number of phenols is 1. The first-order chi connectivity index (χ1) is 9.69. The number of nitrogens with zero attached hydrogens (tertiary/aromatic N) is 1. The molecule has 0 spiro atoms. The number of sulfonamides is 1. The molecular formula is C10H12N2O8S. The van der Waals surface area contributed by atoms with Gasteiger partial charge >= 0.3 is 11.7 Å². The standard InChI is InChI=1S/C10H12N2O8S/c1-20-5-7(10(14)15)11-21(18,19)6-2-3-9(13)8(4-6)12(16)17/h2-4,7,11,13H,5H2,1H3,(H,14,15). The summed E-state index contributed by atoms with van der Waals surface area (Å²) in [7, 11) is -3.14. The highest BCUT2D eigenvalue weighted by molar-refractivity contribution is 7.89. The van der Waals surface area contributed by atoms with Gasteiger partial charge in [0.2, 0.25) is 10.0 Å². The molecule has 0 aliphatic heterocycles. The lowest BCUT2D eigenvalue weighted by Crippen LogP contribution is -2.43. The molecule has 0 heterocycles. The van der Waals surface area contributed by atoms with E-state index in [4.69, 9.17) is 5.11 Å². The van der Waals surface area contributed by atoms with Crippen LogP contribution in [0.2, 0.25) is 0 Å². The van der Waals surface area contributed by atoms with Crippen molar-refractivity contribution in [3.8, 4) is 5.75 Å². The Balaban J connectivity index is 3.16. The fraction of sp³-hybridized carbons (Fsp3) is 0.300. The third kappa shape index (κ3) is 4.11. The maximum Gasteiger partial charge on any atom is 0.324 e. The van der Waals surface area contributed by atoms with Crippen LogP contribution < -0.4 is 4.72 Å². The van der Waals surface area contributed by atoms with Crippen molar-refractivity contribution in [1.29, 1.82) is 0 Å². The summed E-state index contributed by atoms with van der Waals surface area (Å²) < 4.78 is 30.4. The first-order valence-corrected chi connectivity index (χ1v) is 6.89. The van der Waals surface area contributed by atoms with Crippen molar-refractivity contribution in [2.75, 3.05) is 13.7 Å². The Kier molecular flexibility index (Phi) is 5.18. The van der Waals surface area contributed by atoms with Crippen LogP contribution in [-0.4, -0.2) is 49.3 Å². The van der Waals surface area contributed by atoms with Crippen molar-refractivity contribution in [3.63, 3.8) is 0 Å². The van der Waals surface area contributed by atoms with Crippen molar-refractivity contribution < 1.29 is 33.1 Å². The second-order valence-corrected chi connectivity index (χ2v) is 5.59. The van der Waals surface area contributed by atoms with Crippen LogP contribution >= 0.6 is 0 Å². The first kappa shape index (κ1) is 16.8. The molecule has 1 aromatic carbocycles. The molecule has 0 aliphatic rings. The summed E-state index contributed by atoms with van der Waals surface area (Å²) in [5.41, 5.74) is -0.809. The van der Waals surface area contributed by atoms with Crippen molar-refractivity contribution in [2.24, 2.45) is 0 Å². The average molecular weight is 320 g/mol. The molecule has 10 nitrogen and oxygen atoms in total. The van der Waals surface area contributed by atoms with E-state index in [1.807, 2.05) is 4.72 Å². The lowest BCUT2D eigenvalue weighted by molar-refractivity contribution is -0.386. The first-order valence-electron chi connectivity index (χ1n) is 5.40. The summed E-state index contributed by atoms with van der Waals surface area (Å²) in [5, 5.41) is 28.8. The molecule has 3 N–H and O–H groups in total. The topological polar surface area (TPSA) is 156 Å². The summed E-state index contributed by atoms with van der Waals surface area (Å²) in [4.78, 5) is 20.0. The number of hydrogen-bond donors (Lipinski definition) is 3. The van der Waals surface area contributed by atoms with E-state index < -0.39 is 49.9 Å². The predicted molar refractivity (Wildman–Crippen MR) is 68.4 cm³/mol. The van der Waals surface area contributed by atoms with Crippen molar-refractivity contribution >= 4 is 21.7 Å². The molecule has 21 heavy (non-hydrogen) atoms. The molecule has 1 atom stereocenters. The van der Waals surface area contributed by atoms with Gasteiger partial charge in [-0.2, -0.15) is 4.72 Å². The van der Waals surface area contributed by atoms with Crippen molar-refractivity contribution in [3.05, 3.63) is 28.3 Å². The molecule has 116 valence electrons. The van der Waals surface area contributed by atoms with Gasteiger partial charge in [-0.05, 0) is 12.1 Å².